The van der Waals surface area contributed by atoms with Crippen molar-refractivity contribution in [1.29, 1.82) is 5.26 Å². The summed E-state index contributed by atoms with van der Waals surface area (Å²) < 4.78 is 3.36. The number of nitriles is 1. The van der Waals surface area contributed by atoms with Gasteiger partial charge in [0.1, 0.15) is 5.54 Å². The molecule has 0 unspecified atom stereocenters. The molecule has 9 heteroatoms. The number of nitrogens with zero attached hydrogens (tertiary/aromatic N) is 5. The number of carbonyl (C=O) groups is 1. The lowest BCUT2D eigenvalue weighted by molar-refractivity contribution is -0.120. The molecule has 1 aliphatic carbocycles. The predicted molar refractivity (Wildman–Crippen MR) is 131 cm³/mol. The summed E-state index contributed by atoms with van der Waals surface area (Å²) >= 11 is 1.24. The number of hydrogen-bond donors (Lipinski definition) is 1. The first-order valence-electron chi connectivity index (χ1n) is 11.3. The number of hydrogen-bond acceptors (Lipinski definition) is 6. The second-order valence-electron chi connectivity index (χ2n) is 8.70. The fourth-order valence-electron chi connectivity index (χ4n) is 4.55. The van der Waals surface area contributed by atoms with Gasteiger partial charge in [-0.3, -0.25) is 14.0 Å². The molecule has 0 atom stereocenters. The summed E-state index contributed by atoms with van der Waals surface area (Å²) in [6, 6.07) is 17.3. The standard InChI is InChI=1S/C25H24N6O2S/c1-17-9-11-18(12-10-17)30-22(33)19-7-3-4-8-20(19)31-23(30)28-29-24(31)34-15-21(32)27-25(16-26)13-5-2-6-14-25/h3-4,7-12H,2,5-6,13-15H2,1H3,(H,27,32). The summed E-state index contributed by atoms with van der Waals surface area (Å²) in [6.07, 6.45) is 4.34. The molecule has 2 heterocycles. The average molecular weight is 473 g/mol. The largest absolute Gasteiger partial charge is 0.337 e. The van der Waals surface area contributed by atoms with Crippen molar-refractivity contribution in [1.82, 2.24) is 24.5 Å². The molecule has 2 aromatic carbocycles. The maximum atomic E-state index is 13.4. The summed E-state index contributed by atoms with van der Waals surface area (Å²) in [5.74, 6) is 0.278. The second-order valence-corrected chi connectivity index (χ2v) is 9.65. The van der Waals surface area contributed by atoms with Crippen LogP contribution < -0.4 is 10.9 Å². The van der Waals surface area contributed by atoms with Gasteiger partial charge in [0.2, 0.25) is 11.7 Å². The van der Waals surface area contributed by atoms with Crippen molar-refractivity contribution < 1.29 is 4.79 Å². The van der Waals surface area contributed by atoms with E-state index in [0.29, 0.717) is 40.4 Å². The Morgan fingerprint density at radius 2 is 1.85 bits per heavy atom. The van der Waals surface area contributed by atoms with Crippen LogP contribution in [0.4, 0.5) is 0 Å². The first kappa shape index (κ1) is 22.2. The van der Waals surface area contributed by atoms with Crippen LogP contribution in [0.2, 0.25) is 0 Å². The molecule has 1 fully saturated rings. The highest BCUT2D eigenvalue weighted by molar-refractivity contribution is 7.99. The molecule has 8 nitrogen and oxygen atoms in total. The molecule has 1 aliphatic rings. The van der Waals surface area contributed by atoms with Crippen LogP contribution in [0.1, 0.15) is 37.7 Å². The van der Waals surface area contributed by atoms with Crippen LogP contribution in [0.25, 0.3) is 22.4 Å². The van der Waals surface area contributed by atoms with Crippen LogP contribution in [-0.4, -0.2) is 36.4 Å². The molecule has 1 saturated carbocycles. The second kappa shape index (κ2) is 8.95. The van der Waals surface area contributed by atoms with E-state index in [9.17, 15) is 14.9 Å². The number of nitrogens with one attached hydrogen (secondary N) is 1. The number of fused-ring (bicyclic) bond motifs is 3. The Balaban J connectivity index is 1.52. The Morgan fingerprint density at radius 3 is 2.59 bits per heavy atom. The third-order valence-corrected chi connectivity index (χ3v) is 7.25. The summed E-state index contributed by atoms with van der Waals surface area (Å²) in [5, 5.41) is 22.3. The van der Waals surface area contributed by atoms with E-state index in [2.05, 4.69) is 21.6 Å². The van der Waals surface area contributed by atoms with E-state index in [1.807, 2.05) is 53.8 Å². The zero-order valence-corrected chi connectivity index (χ0v) is 19.6. The Morgan fingerprint density at radius 1 is 1.12 bits per heavy atom. The molecule has 0 saturated heterocycles. The minimum atomic E-state index is -0.776. The van der Waals surface area contributed by atoms with Gasteiger partial charge >= 0.3 is 0 Å². The number of para-hydroxylation sites is 1. The minimum Gasteiger partial charge on any atom is -0.337 e. The van der Waals surface area contributed by atoms with Crippen molar-refractivity contribution >= 4 is 34.3 Å². The van der Waals surface area contributed by atoms with E-state index in [0.717, 1.165) is 24.8 Å². The Kier molecular flexibility index (Phi) is 5.84. The van der Waals surface area contributed by atoms with Gasteiger partial charge in [0.05, 0.1) is 28.4 Å². The van der Waals surface area contributed by atoms with Gasteiger partial charge in [-0.2, -0.15) is 5.26 Å². The number of aryl methyl sites for hydroxylation is 1. The Bertz CT molecular complexity index is 1480. The summed E-state index contributed by atoms with van der Waals surface area (Å²) in [7, 11) is 0. The molecule has 1 N–H and O–H groups in total. The predicted octanol–water partition coefficient (Wildman–Crippen LogP) is 3.78. The monoisotopic (exact) mass is 472 g/mol. The average Bonchev–Trinajstić information content (AvgIpc) is 3.28. The van der Waals surface area contributed by atoms with Gasteiger partial charge in [-0.15, -0.1) is 10.2 Å². The van der Waals surface area contributed by atoms with Gasteiger partial charge in [-0.25, -0.2) is 4.57 Å². The molecular formula is C25H24N6O2S. The lowest BCUT2D eigenvalue weighted by Gasteiger charge is -2.31. The summed E-state index contributed by atoms with van der Waals surface area (Å²) in [4.78, 5) is 26.1. The molecule has 0 bridgehead atoms. The van der Waals surface area contributed by atoms with E-state index in [1.165, 1.54) is 11.8 Å². The fourth-order valence-corrected chi connectivity index (χ4v) is 5.29. The Hall–Kier alpha value is -3.64. The maximum Gasteiger partial charge on any atom is 0.267 e. The molecular weight excluding hydrogens is 448 g/mol. The van der Waals surface area contributed by atoms with Crippen LogP contribution in [0, 0.1) is 18.3 Å². The first-order chi connectivity index (χ1) is 16.5. The summed E-state index contributed by atoms with van der Waals surface area (Å²) in [5.41, 5.74) is 1.51. The van der Waals surface area contributed by atoms with Gasteiger partial charge < -0.3 is 5.32 Å². The molecule has 2 aromatic heterocycles. The highest BCUT2D eigenvalue weighted by Gasteiger charge is 2.33. The number of rotatable bonds is 5. The van der Waals surface area contributed by atoms with Crippen molar-refractivity contribution in [3.05, 3.63) is 64.4 Å². The van der Waals surface area contributed by atoms with E-state index < -0.39 is 5.54 Å². The molecule has 0 aliphatic heterocycles. The van der Waals surface area contributed by atoms with Gasteiger partial charge in [0.25, 0.3) is 5.56 Å². The number of benzene rings is 2. The van der Waals surface area contributed by atoms with Crippen LogP contribution in [0.3, 0.4) is 0 Å². The van der Waals surface area contributed by atoms with Crippen molar-refractivity contribution in [2.24, 2.45) is 0 Å². The lowest BCUT2D eigenvalue weighted by Crippen LogP contribution is -2.49. The maximum absolute atomic E-state index is 13.4. The minimum absolute atomic E-state index is 0.0994. The SMILES string of the molecule is Cc1ccc(-n2c(=O)c3ccccc3n3c(SCC(=O)NC4(C#N)CCCCC4)nnc23)cc1. The molecule has 172 valence electrons. The van der Waals surface area contributed by atoms with Crippen LogP contribution in [-0.2, 0) is 4.79 Å². The van der Waals surface area contributed by atoms with Gasteiger partial charge in [0.15, 0.2) is 5.16 Å². The van der Waals surface area contributed by atoms with Crippen molar-refractivity contribution in [3.8, 4) is 11.8 Å². The van der Waals surface area contributed by atoms with E-state index in [4.69, 9.17) is 0 Å². The molecule has 5 rings (SSSR count). The van der Waals surface area contributed by atoms with Crippen LogP contribution in [0.5, 0.6) is 0 Å². The summed E-state index contributed by atoms with van der Waals surface area (Å²) in [6.45, 7) is 1.99. The molecule has 1 amide bonds. The van der Waals surface area contributed by atoms with E-state index in [1.54, 1.807) is 10.6 Å². The van der Waals surface area contributed by atoms with Crippen molar-refractivity contribution in [2.75, 3.05) is 5.75 Å². The van der Waals surface area contributed by atoms with Gasteiger partial charge in [-0.1, -0.05) is 60.9 Å². The molecule has 4 aromatic rings. The topological polar surface area (TPSA) is 105 Å². The Labute approximate surface area is 200 Å². The number of thioether (sulfide) groups is 1. The lowest BCUT2D eigenvalue weighted by atomic mass is 9.83. The van der Waals surface area contributed by atoms with Gasteiger partial charge in [0, 0.05) is 0 Å². The highest BCUT2D eigenvalue weighted by Crippen LogP contribution is 2.28. The smallest absolute Gasteiger partial charge is 0.267 e. The zero-order chi connectivity index (χ0) is 23.7. The quantitative estimate of drug-likeness (QED) is 0.443. The fraction of sp³-hybridized carbons (Fsp3) is 0.320. The van der Waals surface area contributed by atoms with E-state index in [-0.39, 0.29) is 17.2 Å². The van der Waals surface area contributed by atoms with Crippen molar-refractivity contribution in [3.63, 3.8) is 0 Å². The first-order valence-corrected chi connectivity index (χ1v) is 12.3. The van der Waals surface area contributed by atoms with Gasteiger partial charge in [-0.05, 0) is 44.0 Å². The molecule has 0 spiro atoms. The third kappa shape index (κ3) is 3.94. The van der Waals surface area contributed by atoms with Crippen LogP contribution in [0.15, 0.2) is 58.5 Å². The van der Waals surface area contributed by atoms with Crippen LogP contribution >= 0.6 is 11.8 Å². The zero-order valence-electron chi connectivity index (χ0n) is 18.8. The van der Waals surface area contributed by atoms with E-state index >= 15 is 0 Å². The molecule has 34 heavy (non-hydrogen) atoms. The third-order valence-electron chi connectivity index (χ3n) is 6.32. The highest BCUT2D eigenvalue weighted by atomic mass is 32.2. The molecule has 0 radical (unpaired) electrons. The number of amides is 1. The van der Waals surface area contributed by atoms with Crippen molar-refractivity contribution in [2.45, 2.75) is 49.7 Å². The number of carbonyl (C=O) groups excluding carboxylic acids is 1. The number of aromatic nitrogens is 4. The normalized spacial score (nSPS) is 15.3.